The van der Waals surface area contributed by atoms with Gasteiger partial charge in [-0.3, -0.25) is 9.00 Å². The molecule has 0 saturated carbocycles. The van der Waals surface area contributed by atoms with E-state index in [4.69, 9.17) is 0 Å². The lowest BCUT2D eigenvalue weighted by atomic mass is 10.5. The monoisotopic (exact) mass is 177 g/mol. The Labute approximate surface area is 67.3 Å². The van der Waals surface area contributed by atoms with Crippen molar-refractivity contribution in [3.05, 3.63) is 12.7 Å². The third-order valence-corrected chi connectivity index (χ3v) is 1.27. The first-order chi connectivity index (χ1) is 5.16. The first-order valence-corrected chi connectivity index (χ1v) is 3.97. The van der Waals surface area contributed by atoms with Gasteiger partial charge in [-0.25, -0.2) is 4.72 Å². The largest absolute Gasteiger partial charge is 0.760 e. The summed E-state index contributed by atoms with van der Waals surface area (Å²) in [5.74, 6) is -0.316. The lowest BCUT2D eigenvalue weighted by molar-refractivity contribution is -0.116. The van der Waals surface area contributed by atoms with E-state index < -0.39 is 11.3 Å². The van der Waals surface area contributed by atoms with Crippen molar-refractivity contribution in [2.75, 3.05) is 13.1 Å². The highest BCUT2D eigenvalue weighted by molar-refractivity contribution is 7.77. The van der Waals surface area contributed by atoms with Crippen LogP contribution in [0.3, 0.4) is 0 Å². The molecule has 0 heterocycles. The van der Waals surface area contributed by atoms with Crippen molar-refractivity contribution in [1.82, 2.24) is 10.0 Å². The Morgan fingerprint density at radius 1 is 1.64 bits per heavy atom. The van der Waals surface area contributed by atoms with Crippen LogP contribution in [-0.2, 0) is 16.1 Å². The standard InChI is InChI=1S/C5H10N2O3S/c1-2-5(8)6-3-4-7-11(9)10/h2,7H,1,3-4H2,(H,6,8)(H,9,10)/p-1. The lowest BCUT2D eigenvalue weighted by Gasteiger charge is -2.06. The zero-order valence-electron chi connectivity index (χ0n) is 5.83. The molecule has 0 aromatic rings. The van der Waals surface area contributed by atoms with Crippen LogP contribution in [0.5, 0.6) is 0 Å². The van der Waals surface area contributed by atoms with Gasteiger partial charge in [0.2, 0.25) is 5.91 Å². The summed E-state index contributed by atoms with van der Waals surface area (Å²) < 4.78 is 21.8. The van der Waals surface area contributed by atoms with Crippen molar-refractivity contribution in [2.24, 2.45) is 0 Å². The molecule has 11 heavy (non-hydrogen) atoms. The van der Waals surface area contributed by atoms with Gasteiger partial charge in [0.1, 0.15) is 0 Å². The van der Waals surface area contributed by atoms with Crippen molar-refractivity contribution < 1.29 is 13.6 Å². The zero-order valence-corrected chi connectivity index (χ0v) is 6.65. The summed E-state index contributed by atoms with van der Waals surface area (Å²) in [6, 6.07) is 0. The fourth-order valence-electron chi connectivity index (χ4n) is 0.392. The molecule has 0 bridgehead atoms. The molecule has 1 atom stereocenters. The summed E-state index contributed by atoms with van der Waals surface area (Å²) in [6.07, 6.45) is 1.12. The maximum absolute atomic E-state index is 10.4. The van der Waals surface area contributed by atoms with E-state index in [9.17, 15) is 13.6 Å². The minimum atomic E-state index is -2.26. The van der Waals surface area contributed by atoms with Crippen LogP contribution >= 0.6 is 0 Å². The van der Waals surface area contributed by atoms with Crippen LogP contribution < -0.4 is 10.0 Å². The number of rotatable bonds is 5. The number of carbonyl (C=O) groups is 1. The Morgan fingerprint density at radius 3 is 2.73 bits per heavy atom. The number of carbonyl (C=O) groups excluding carboxylic acids is 1. The van der Waals surface area contributed by atoms with Crippen LogP contribution in [0.1, 0.15) is 0 Å². The topological polar surface area (TPSA) is 81.3 Å². The highest BCUT2D eigenvalue weighted by Gasteiger charge is 1.90. The van der Waals surface area contributed by atoms with Gasteiger partial charge in [-0.15, -0.1) is 0 Å². The molecule has 0 rings (SSSR count). The normalized spacial score (nSPS) is 12.1. The van der Waals surface area contributed by atoms with Crippen molar-refractivity contribution in [3.63, 3.8) is 0 Å². The van der Waals surface area contributed by atoms with Crippen LogP contribution in [0.4, 0.5) is 0 Å². The first-order valence-electron chi connectivity index (χ1n) is 2.90. The molecule has 0 fully saturated rings. The fourth-order valence-corrected chi connectivity index (χ4v) is 0.661. The SMILES string of the molecule is C=CC(=O)NCCNS(=O)[O-]. The van der Waals surface area contributed by atoms with Gasteiger partial charge in [0.05, 0.1) is 0 Å². The van der Waals surface area contributed by atoms with Gasteiger partial charge in [-0.05, 0) is 6.08 Å². The molecule has 0 aliphatic heterocycles. The Morgan fingerprint density at radius 2 is 2.27 bits per heavy atom. The summed E-state index contributed by atoms with van der Waals surface area (Å²) >= 11 is -2.26. The number of nitrogens with one attached hydrogen (secondary N) is 2. The van der Waals surface area contributed by atoms with Crippen LogP contribution in [0, 0.1) is 0 Å². The molecule has 0 saturated heterocycles. The second kappa shape index (κ2) is 6.02. The highest BCUT2D eigenvalue weighted by atomic mass is 32.2. The summed E-state index contributed by atoms with van der Waals surface area (Å²) in [5.41, 5.74) is 0. The van der Waals surface area contributed by atoms with E-state index in [-0.39, 0.29) is 19.0 Å². The van der Waals surface area contributed by atoms with Gasteiger partial charge in [0.25, 0.3) is 0 Å². The van der Waals surface area contributed by atoms with Gasteiger partial charge in [0, 0.05) is 24.4 Å². The summed E-state index contributed by atoms with van der Waals surface area (Å²) in [5, 5.41) is 2.39. The van der Waals surface area contributed by atoms with Gasteiger partial charge in [-0.2, -0.15) is 0 Å². The summed E-state index contributed by atoms with van der Waals surface area (Å²) in [4.78, 5) is 10.4. The zero-order chi connectivity index (χ0) is 8.69. The van der Waals surface area contributed by atoms with Crippen molar-refractivity contribution in [2.45, 2.75) is 0 Å². The third-order valence-electron chi connectivity index (χ3n) is 0.830. The minimum absolute atomic E-state index is 0.190. The molecule has 0 radical (unpaired) electrons. The molecule has 1 unspecified atom stereocenters. The smallest absolute Gasteiger partial charge is 0.243 e. The van der Waals surface area contributed by atoms with Crippen LogP contribution in [-0.4, -0.2) is 27.8 Å². The molecule has 6 heteroatoms. The molecule has 0 spiro atoms. The van der Waals surface area contributed by atoms with E-state index in [1.807, 2.05) is 0 Å². The maximum atomic E-state index is 10.4. The number of hydrogen-bond donors (Lipinski definition) is 2. The van der Waals surface area contributed by atoms with E-state index in [2.05, 4.69) is 16.6 Å². The van der Waals surface area contributed by atoms with Gasteiger partial charge in [-0.1, -0.05) is 6.58 Å². The molecular weight excluding hydrogens is 168 g/mol. The van der Waals surface area contributed by atoms with Crippen molar-refractivity contribution >= 4 is 17.2 Å². The van der Waals surface area contributed by atoms with E-state index in [0.29, 0.717) is 0 Å². The Bertz CT molecular complexity index is 171. The molecule has 0 aromatic heterocycles. The average Bonchev–Trinajstić information content (AvgIpc) is 1.97. The fraction of sp³-hybridized carbons (Fsp3) is 0.400. The van der Waals surface area contributed by atoms with E-state index in [1.54, 1.807) is 0 Å². The van der Waals surface area contributed by atoms with Gasteiger partial charge >= 0.3 is 0 Å². The quantitative estimate of drug-likeness (QED) is 0.310. The first kappa shape index (κ1) is 10.3. The van der Waals surface area contributed by atoms with Crippen molar-refractivity contribution in [1.29, 1.82) is 0 Å². The van der Waals surface area contributed by atoms with E-state index in [0.717, 1.165) is 6.08 Å². The van der Waals surface area contributed by atoms with Gasteiger partial charge in [0.15, 0.2) is 0 Å². The average molecular weight is 177 g/mol. The predicted octanol–water partition coefficient (Wildman–Crippen LogP) is -1.33. The Hall–Kier alpha value is -0.720. The number of amides is 1. The Balaban J connectivity index is 3.21. The molecule has 64 valence electrons. The minimum Gasteiger partial charge on any atom is -0.760 e. The van der Waals surface area contributed by atoms with Crippen molar-refractivity contribution in [3.8, 4) is 0 Å². The van der Waals surface area contributed by atoms with Crippen LogP contribution in [0.25, 0.3) is 0 Å². The third kappa shape index (κ3) is 7.17. The van der Waals surface area contributed by atoms with Crippen LogP contribution in [0.15, 0.2) is 12.7 Å². The molecular formula is C5H9N2O3S-. The Kier molecular flexibility index (Phi) is 5.63. The van der Waals surface area contributed by atoms with E-state index in [1.165, 1.54) is 0 Å². The molecule has 0 aliphatic carbocycles. The molecule has 2 N–H and O–H groups in total. The molecule has 1 amide bonds. The molecule has 0 aromatic carbocycles. The molecule has 0 aliphatic rings. The van der Waals surface area contributed by atoms with Crippen LogP contribution in [0.2, 0.25) is 0 Å². The lowest BCUT2D eigenvalue weighted by Crippen LogP contribution is -2.31. The number of hydrogen-bond acceptors (Lipinski definition) is 3. The summed E-state index contributed by atoms with van der Waals surface area (Å²) in [7, 11) is 0. The highest BCUT2D eigenvalue weighted by Crippen LogP contribution is 1.66. The van der Waals surface area contributed by atoms with Gasteiger partial charge < -0.3 is 9.87 Å². The second-order valence-electron chi connectivity index (χ2n) is 1.62. The maximum Gasteiger partial charge on any atom is 0.243 e. The summed E-state index contributed by atoms with van der Waals surface area (Å²) in [6.45, 7) is 3.67. The molecule has 5 nitrogen and oxygen atoms in total. The van der Waals surface area contributed by atoms with E-state index >= 15 is 0 Å². The predicted molar refractivity (Wildman–Crippen MR) is 40.1 cm³/mol. The second-order valence-corrected chi connectivity index (χ2v) is 2.38.